The van der Waals surface area contributed by atoms with Gasteiger partial charge in [0.2, 0.25) is 0 Å². The number of pyridine rings is 1. The lowest BCUT2D eigenvalue weighted by atomic mass is 10.2. The highest BCUT2D eigenvalue weighted by Gasteiger charge is 2.14. The molecule has 1 aromatic carbocycles. The van der Waals surface area contributed by atoms with Crippen LogP contribution in [0.15, 0.2) is 53.7 Å². The molecule has 0 unspecified atom stereocenters. The third-order valence-corrected chi connectivity index (χ3v) is 4.55. The van der Waals surface area contributed by atoms with E-state index < -0.39 is 9.05 Å². The predicted octanol–water partition coefficient (Wildman–Crippen LogP) is 3.02. The molecule has 3 aromatic rings. The van der Waals surface area contributed by atoms with Crippen LogP contribution in [0.4, 0.5) is 0 Å². The van der Waals surface area contributed by atoms with Crippen molar-refractivity contribution in [3.05, 3.63) is 54.2 Å². The van der Waals surface area contributed by atoms with Crippen LogP contribution in [0.3, 0.4) is 0 Å². The van der Waals surface area contributed by atoms with E-state index in [1.54, 1.807) is 13.2 Å². The monoisotopic (exact) mass is 336 g/mol. The third-order valence-electron chi connectivity index (χ3n) is 3.35. The summed E-state index contributed by atoms with van der Waals surface area (Å²) >= 11 is 0. The fourth-order valence-corrected chi connectivity index (χ4v) is 2.92. The third kappa shape index (κ3) is 2.93. The summed E-state index contributed by atoms with van der Waals surface area (Å²) in [5.74, 6) is 0.787. The minimum atomic E-state index is -3.84. The molecule has 114 valence electrons. The van der Waals surface area contributed by atoms with Crippen LogP contribution in [-0.4, -0.2) is 25.1 Å². The van der Waals surface area contributed by atoms with Crippen molar-refractivity contribution in [2.24, 2.45) is 0 Å². The van der Waals surface area contributed by atoms with Crippen molar-refractivity contribution in [3.8, 4) is 5.75 Å². The second kappa shape index (κ2) is 5.62. The Morgan fingerprint density at radius 3 is 2.50 bits per heavy atom. The number of fused-ring (bicyclic) bond motifs is 1. The second-order valence-corrected chi connectivity index (χ2v) is 7.30. The molecule has 0 amide bonds. The summed E-state index contributed by atoms with van der Waals surface area (Å²) in [5.41, 5.74) is 1.64. The van der Waals surface area contributed by atoms with Gasteiger partial charge in [-0.1, -0.05) is 12.1 Å². The first kappa shape index (κ1) is 14.9. The van der Waals surface area contributed by atoms with Crippen molar-refractivity contribution in [1.29, 1.82) is 0 Å². The Morgan fingerprint density at radius 1 is 1.14 bits per heavy atom. The number of hydrogen-bond acceptors (Lipinski definition) is 4. The van der Waals surface area contributed by atoms with Gasteiger partial charge in [0.25, 0.3) is 9.05 Å². The molecule has 2 aromatic heterocycles. The van der Waals surface area contributed by atoms with E-state index in [2.05, 4.69) is 4.98 Å². The van der Waals surface area contributed by atoms with Crippen molar-refractivity contribution < 1.29 is 13.2 Å². The Balaban J connectivity index is 1.99. The molecule has 0 radical (unpaired) electrons. The zero-order valence-corrected chi connectivity index (χ0v) is 13.3. The molecule has 5 nitrogen and oxygen atoms in total. The largest absolute Gasteiger partial charge is 0.497 e. The second-order valence-electron chi connectivity index (χ2n) is 4.79. The summed E-state index contributed by atoms with van der Waals surface area (Å²) in [5, 5.41) is 0.717. The molecule has 0 N–H and O–H groups in total. The molecule has 0 aliphatic heterocycles. The van der Waals surface area contributed by atoms with Gasteiger partial charge in [0.1, 0.15) is 11.4 Å². The number of ether oxygens (including phenoxy) is 1. The van der Waals surface area contributed by atoms with Gasteiger partial charge in [-0.05, 0) is 35.9 Å². The van der Waals surface area contributed by atoms with Crippen molar-refractivity contribution in [2.75, 3.05) is 7.11 Å². The minimum absolute atomic E-state index is 0.142. The molecule has 2 heterocycles. The number of halogens is 1. The predicted molar refractivity (Wildman–Crippen MR) is 84.9 cm³/mol. The highest BCUT2D eigenvalue weighted by molar-refractivity contribution is 8.13. The van der Waals surface area contributed by atoms with E-state index in [0.29, 0.717) is 12.2 Å². The average molecular weight is 337 g/mol. The van der Waals surface area contributed by atoms with E-state index in [4.69, 9.17) is 15.4 Å². The van der Waals surface area contributed by atoms with Crippen LogP contribution >= 0.6 is 10.7 Å². The summed E-state index contributed by atoms with van der Waals surface area (Å²) in [4.78, 5) is 4.15. The lowest BCUT2D eigenvalue weighted by Gasteiger charge is -2.07. The van der Waals surface area contributed by atoms with Gasteiger partial charge in [0, 0.05) is 28.8 Å². The van der Waals surface area contributed by atoms with E-state index in [1.807, 2.05) is 41.1 Å². The molecule has 0 atom stereocenters. The molecular weight excluding hydrogens is 324 g/mol. The van der Waals surface area contributed by atoms with Crippen molar-refractivity contribution in [2.45, 2.75) is 11.6 Å². The molecule has 0 saturated heterocycles. The highest BCUT2D eigenvalue weighted by atomic mass is 35.7. The van der Waals surface area contributed by atoms with E-state index in [0.717, 1.165) is 16.7 Å². The first-order valence-corrected chi connectivity index (χ1v) is 8.82. The Labute approximate surface area is 132 Å². The summed E-state index contributed by atoms with van der Waals surface area (Å²) in [6.45, 7) is 0.576. The average Bonchev–Trinajstić information content (AvgIpc) is 2.89. The zero-order chi connectivity index (χ0) is 15.7. The Hall–Kier alpha value is -2.05. The van der Waals surface area contributed by atoms with Crippen LogP contribution in [0.25, 0.3) is 11.0 Å². The fraction of sp³-hybridized carbons (Fsp3) is 0.133. The number of benzene rings is 1. The topological polar surface area (TPSA) is 61.2 Å². The van der Waals surface area contributed by atoms with E-state index in [9.17, 15) is 8.42 Å². The van der Waals surface area contributed by atoms with Crippen LogP contribution in [0.2, 0.25) is 0 Å². The van der Waals surface area contributed by atoms with Gasteiger partial charge in [-0.15, -0.1) is 0 Å². The number of rotatable bonds is 4. The quantitative estimate of drug-likeness (QED) is 0.687. The van der Waals surface area contributed by atoms with Crippen LogP contribution in [0, 0.1) is 0 Å². The maximum absolute atomic E-state index is 11.4. The summed E-state index contributed by atoms with van der Waals surface area (Å²) in [7, 11) is 3.14. The van der Waals surface area contributed by atoms with Crippen LogP contribution < -0.4 is 4.74 Å². The fourth-order valence-electron chi connectivity index (χ4n) is 2.23. The van der Waals surface area contributed by atoms with Crippen molar-refractivity contribution >= 4 is 30.8 Å². The van der Waals surface area contributed by atoms with E-state index >= 15 is 0 Å². The first-order valence-electron chi connectivity index (χ1n) is 6.51. The molecule has 0 spiro atoms. The standard InChI is InChI=1S/C15H13ClN2O3S/c1-21-13-5-2-11(3-6-13)10-18-9-8-12-4-7-14(17-15(12)18)22(16,19)20/h2-9H,10H2,1H3. The summed E-state index contributed by atoms with van der Waals surface area (Å²) < 4.78 is 29.8. The minimum Gasteiger partial charge on any atom is -0.497 e. The normalized spacial score (nSPS) is 11.7. The molecule has 22 heavy (non-hydrogen) atoms. The molecule has 0 saturated carbocycles. The van der Waals surface area contributed by atoms with Gasteiger partial charge < -0.3 is 9.30 Å². The van der Waals surface area contributed by atoms with Gasteiger partial charge in [0.15, 0.2) is 5.03 Å². The molecule has 0 aliphatic carbocycles. The molecule has 0 fully saturated rings. The maximum atomic E-state index is 11.4. The van der Waals surface area contributed by atoms with Gasteiger partial charge in [-0.25, -0.2) is 13.4 Å². The molecule has 0 aliphatic rings. The van der Waals surface area contributed by atoms with Crippen LogP contribution in [-0.2, 0) is 15.6 Å². The van der Waals surface area contributed by atoms with Crippen molar-refractivity contribution in [1.82, 2.24) is 9.55 Å². The van der Waals surface area contributed by atoms with Gasteiger partial charge in [-0.3, -0.25) is 0 Å². The SMILES string of the molecule is COc1ccc(Cn2ccc3ccc(S(=O)(=O)Cl)nc32)cc1. The van der Waals surface area contributed by atoms with Gasteiger partial charge in [-0.2, -0.15) is 0 Å². The highest BCUT2D eigenvalue weighted by Crippen LogP contribution is 2.20. The molecular formula is C15H13ClN2O3S. The number of methoxy groups -OCH3 is 1. The van der Waals surface area contributed by atoms with Gasteiger partial charge in [0.05, 0.1) is 7.11 Å². The molecule has 0 bridgehead atoms. The lowest BCUT2D eigenvalue weighted by Crippen LogP contribution is -2.02. The Bertz CT molecular complexity index is 918. The van der Waals surface area contributed by atoms with Crippen LogP contribution in [0.5, 0.6) is 5.75 Å². The van der Waals surface area contributed by atoms with E-state index in [1.165, 1.54) is 6.07 Å². The van der Waals surface area contributed by atoms with Crippen LogP contribution in [0.1, 0.15) is 5.56 Å². The number of aromatic nitrogens is 2. The van der Waals surface area contributed by atoms with E-state index in [-0.39, 0.29) is 5.03 Å². The van der Waals surface area contributed by atoms with Gasteiger partial charge >= 0.3 is 0 Å². The lowest BCUT2D eigenvalue weighted by molar-refractivity contribution is 0.414. The summed E-state index contributed by atoms with van der Waals surface area (Å²) in [6, 6.07) is 12.6. The molecule has 7 heteroatoms. The Kier molecular flexibility index (Phi) is 3.80. The number of nitrogens with zero attached hydrogens (tertiary/aromatic N) is 2. The smallest absolute Gasteiger partial charge is 0.278 e. The first-order chi connectivity index (χ1) is 10.5. The number of hydrogen-bond donors (Lipinski definition) is 0. The Morgan fingerprint density at radius 2 is 1.86 bits per heavy atom. The zero-order valence-electron chi connectivity index (χ0n) is 11.7. The molecule has 3 rings (SSSR count). The van der Waals surface area contributed by atoms with Crippen molar-refractivity contribution in [3.63, 3.8) is 0 Å². The summed E-state index contributed by atoms with van der Waals surface area (Å²) in [6.07, 6.45) is 1.87. The maximum Gasteiger partial charge on any atom is 0.278 e.